The summed E-state index contributed by atoms with van der Waals surface area (Å²) in [4.78, 5) is 24.4. The lowest BCUT2D eigenvalue weighted by Gasteiger charge is -2.10. The smallest absolute Gasteiger partial charge is 0.259 e. The third kappa shape index (κ3) is 4.56. The van der Waals surface area contributed by atoms with Crippen LogP contribution in [-0.4, -0.2) is 16.9 Å². The summed E-state index contributed by atoms with van der Waals surface area (Å²) in [5, 5.41) is 23.7. The molecule has 3 aromatic rings. The minimum atomic E-state index is -0.921. The fraction of sp³-hybridized carbons (Fsp3) is 0. The molecule has 3 rings (SSSR count). The number of benzene rings is 3. The summed E-state index contributed by atoms with van der Waals surface area (Å²) in [5.74, 6) is -4.63. The van der Waals surface area contributed by atoms with Gasteiger partial charge in [-0.15, -0.1) is 0 Å². The summed E-state index contributed by atoms with van der Waals surface area (Å²) < 4.78 is 39.8. The first-order valence-electron chi connectivity index (χ1n) is 8.38. The number of anilines is 2. The minimum Gasteiger partial charge on any atom is -0.507 e. The van der Waals surface area contributed by atoms with Gasteiger partial charge in [-0.05, 0) is 42.5 Å². The molecule has 0 aliphatic rings. The highest BCUT2D eigenvalue weighted by molar-refractivity contribution is 6.08. The number of aromatic hydroxyl groups is 1. The van der Waals surface area contributed by atoms with Gasteiger partial charge in [0.2, 0.25) is 0 Å². The van der Waals surface area contributed by atoms with E-state index in [-0.39, 0.29) is 28.1 Å². The van der Waals surface area contributed by atoms with Gasteiger partial charge in [-0.1, -0.05) is 0 Å². The quantitative estimate of drug-likeness (QED) is 0.599. The van der Waals surface area contributed by atoms with E-state index >= 15 is 0 Å². The molecule has 2 amide bonds. The predicted molar refractivity (Wildman–Crippen MR) is 101 cm³/mol. The summed E-state index contributed by atoms with van der Waals surface area (Å²) in [6.07, 6.45) is 0. The summed E-state index contributed by atoms with van der Waals surface area (Å²) >= 11 is 0. The lowest BCUT2D eigenvalue weighted by Crippen LogP contribution is -2.14. The summed E-state index contributed by atoms with van der Waals surface area (Å²) in [6.45, 7) is 0. The van der Waals surface area contributed by atoms with E-state index in [1.54, 1.807) is 6.07 Å². The zero-order chi connectivity index (χ0) is 21.8. The summed E-state index contributed by atoms with van der Waals surface area (Å²) in [5.41, 5.74) is -0.468. The van der Waals surface area contributed by atoms with Crippen molar-refractivity contribution in [1.29, 1.82) is 5.26 Å². The predicted octanol–water partition coefficient (Wildman–Crippen LogP) is 4.19. The van der Waals surface area contributed by atoms with Gasteiger partial charge in [-0.2, -0.15) is 5.26 Å². The maximum absolute atomic E-state index is 13.4. The topological polar surface area (TPSA) is 102 Å². The Hall–Kier alpha value is -4.32. The number of phenolic OH excluding ortho intramolecular Hbond substituents is 1. The zero-order valence-electron chi connectivity index (χ0n) is 15.0. The molecule has 3 aromatic carbocycles. The average Bonchev–Trinajstić information content (AvgIpc) is 2.68. The van der Waals surface area contributed by atoms with Crippen LogP contribution in [-0.2, 0) is 0 Å². The number of amides is 2. The third-order valence-corrected chi connectivity index (χ3v) is 3.97. The number of nitrogens with zero attached hydrogens (tertiary/aromatic N) is 1. The number of hydrogen-bond donors (Lipinski definition) is 3. The highest BCUT2D eigenvalue weighted by Crippen LogP contribution is 2.24. The third-order valence-electron chi connectivity index (χ3n) is 3.97. The lowest BCUT2D eigenvalue weighted by atomic mass is 10.1. The van der Waals surface area contributed by atoms with Gasteiger partial charge in [0.1, 0.15) is 29.3 Å². The fourth-order valence-electron chi connectivity index (χ4n) is 2.58. The average molecular weight is 411 g/mol. The van der Waals surface area contributed by atoms with Crippen LogP contribution >= 0.6 is 0 Å². The Morgan fingerprint density at radius 2 is 1.43 bits per heavy atom. The van der Waals surface area contributed by atoms with Crippen molar-refractivity contribution in [2.75, 3.05) is 10.6 Å². The van der Waals surface area contributed by atoms with Crippen molar-refractivity contribution in [3.05, 3.63) is 88.7 Å². The molecule has 0 saturated heterocycles. The van der Waals surface area contributed by atoms with Crippen LogP contribution in [0.25, 0.3) is 0 Å². The van der Waals surface area contributed by atoms with Crippen LogP contribution in [0.5, 0.6) is 5.75 Å². The lowest BCUT2D eigenvalue weighted by molar-refractivity contribution is 0.101. The molecular formula is C21H12F3N3O3. The van der Waals surface area contributed by atoms with Gasteiger partial charge in [0, 0.05) is 29.1 Å². The molecule has 6 nitrogen and oxygen atoms in total. The first kappa shape index (κ1) is 20.4. The van der Waals surface area contributed by atoms with E-state index in [9.17, 15) is 27.9 Å². The number of phenols is 1. The second kappa shape index (κ2) is 8.36. The van der Waals surface area contributed by atoms with Gasteiger partial charge in [0.25, 0.3) is 11.8 Å². The molecule has 30 heavy (non-hydrogen) atoms. The number of halogens is 3. The van der Waals surface area contributed by atoms with Crippen LogP contribution in [0, 0.1) is 28.8 Å². The fourth-order valence-corrected chi connectivity index (χ4v) is 2.58. The number of hydrogen-bond acceptors (Lipinski definition) is 4. The van der Waals surface area contributed by atoms with Crippen LogP contribution in [0.15, 0.2) is 54.6 Å². The van der Waals surface area contributed by atoms with Gasteiger partial charge in [-0.3, -0.25) is 9.59 Å². The van der Waals surface area contributed by atoms with E-state index in [1.165, 1.54) is 18.2 Å². The number of carbonyl (C=O) groups excluding carboxylic acids is 2. The van der Waals surface area contributed by atoms with Gasteiger partial charge in [-0.25, -0.2) is 13.2 Å². The standard InChI is InChI=1S/C21H12F3N3O3/c22-13-5-11(6-14(23)8-13)20(29)26-16-1-3-17(19(28)9-16)21(30)27-15-2-4-18(24)12(7-15)10-25/h1-9,28H,(H,26,29)(H,27,30). The van der Waals surface area contributed by atoms with Crippen LogP contribution in [0.3, 0.4) is 0 Å². The molecule has 0 bridgehead atoms. The van der Waals surface area contributed by atoms with E-state index < -0.39 is 35.0 Å². The number of nitriles is 1. The highest BCUT2D eigenvalue weighted by Gasteiger charge is 2.15. The largest absolute Gasteiger partial charge is 0.507 e. The van der Waals surface area contributed by atoms with Crippen molar-refractivity contribution in [3.63, 3.8) is 0 Å². The molecule has 0 spiro atoms. The van der Waals surface area contributed by atoms with E-state index in [1.807, 2.05) is 0 Å². The molecule has 0 aliphatic heterocycles. The molecule has 150 valence electrons. The van der Waals surface area contributed by atoms with Crippen molar-refractivity contribution in [2.24, 2.45) is 0 Å². The Kier molecular flexibility index (Phi) is 5.69. The molecule has 0 heterocycles. The highest BCUT2D eigenvalue weighted by atomic mass is 19.1. The second-order valence-electron chi connectivity index (χ2n) is 6.10. The van der Waals surface area contributed by atoms with Crippen LogP contribution in [0.4, 0.5) is 24.5 Å². The second-order valence-corrected chi connectivity index (χ2v) is 6.10. The molecule has 9 heteroatoms. The van der Waals surface area contributed by atoms with Gasteiger partial charge < -0.3 is 15.7 Å². The molecular weight excluding hydrogens is 399 g/mol. The van der Waals surface area contributed by atoms with Crippen LogP contribution < -0.4 is 10.6 Å². The van der Waals surface area contributed by atoms with E-state index in [4.69, 9.17) is 5.26 Å². The Balaban J connectivity index is 1.75. The van der Waals surface area contributed by atoms with Crippen molar-refractivity contribution >= 4 is 23.2 Å². The minimum absolute atomic E-state index is 0.0762. The molecule has 0 unspecified atom stereocenters. The molecule has 0 fully saturated rings. The Morgan fingerprint density at radius 1 is 0.833 bits per heavy atom. The molecule has 0 aromatic heterocycles. The number of rotatable bonds is 4. The van der Waals surface area contributed by atoms with Crippen molar-refractivity contribution in [3.8, 4) is 11.8 Å². The van der Waals surface area contributed by atoms with Gasteiger partial charge in [0.15, 0.2) is 0 Å². The van der Waals surface area contributed by atoms with E-state index in [2.05, 4.69) is 10.6 Å². The SMILES string of the molecule is N#Cc1cc(NC(=O)c2ccc(NC(=O)c3cc(F)cc(F)c3)cc2O)ccc1F. The van der Waals surface area contributed by atoms with E-state index in [0.29, 0.717) is 6.07 Å². The van der Waals surface area contributed by atoms with Crippen LogP contribution in [0.2, 0.25) is 0 Å². The zero-order valence-corrected chi connectivity index (χ0v) is 15.0. The number of nitrogens with one attached hydrogen (secondary N) is 2. The molecule has 0 radical (unpaired) electrons. The first-order chi connectivity index (χ1) is 14.3. The van der Waals surface area contributed by atoms with Gasteiger partial charge >= 0.3 is 0 Å². The Bertz CT molecular complexity index is 1190. The van der Waals surface area contributed by atoms with E-state index in [0.717, 1.165) is 30.3 Å². The van der Waals surface area contributed by atoms with Gasteiger partial charge in [0.05, 0.1) is 11.1 Å². The normalized spacial score (nSPS) is 10.2. The van der Waals surface area contributed by atoms with Crippen molar-refractivity contribution < 1.29 is 27.9 Å². The maximum atomic E-state index is 13.4. The monoisotopic (exact) mass is 411 g/mol. The van der Waals surface area contributed by atoms with Crippen molar-refractivity contribution in [2.45, 2.75) is 0 Å². The molecule has 3 N–H and O–H groups in total. The molecule has 0 atom stereocenters. The summed E-state index contributed by atoms with van der Waals surface area (Å²) in [7, 11) is 0. The summed E-state index contributed by atoms with van der Waals surface area (Å²) in [6, 6.07) is 10.9. The number of carbonyl (C=O) groups is 2. The molecule has 0 saturated carbocycles. The Morgan fingerprint density at radius 3 is 2.07 bits per heavy atom. The maximum Gasteiger partial charge on any atom is 0.259 e. The van der Waals surface area contributed by atoms with Crippen LogP contribution in [0.1, 0.15) is 26.3 Å². The van der Waals surface area contributed by atoms with Crippen molar-refractivity contribution in [1.82, 2.24) is 0 Å². The Labute approximate surface area is 168 Å². The first-order valence-corrected chi connectivity index (χ1v) is 8.38. The molecule has 0 aliphatic carbocycles.